The van der Waals surface area contributed by atoms with Crippen molar-refractivity contribution in [1.29, 1.82) is 0 Å². The summed E-state index contributed by atoms with van der Waals surface area (Å²) in [5.74, 6) is 1.49. The molecular formula is C22H35NO. The number of nitrogens with zero attached hydrogens (tertiary/aromatic N) is 1. The zero-order valence-electron chi connectivity index (χ0n) is 15.7. The molecule has 1 aliphatic heterocycles. The van der Waals surface area contributed by atoms with E-state index in [4.69, 9.17) is 0 Å². The zero-order chi connectivity index (χ0) is 16.9. The molecule has 0 bridgehead atoms. The maximum Gasteiger partial charge on any atom is 0.123 e. The molecule has 0 spiro atoms. The number of phenols is 1. The first-order valence-electron chi connectivity index (χ1n) is 10.2. The van der Waals surface area contributed by atoms with Crippen molar-refractivity contribution in [3.63, 3.8) is 0 Å². The fourth-order valence-corrected chi connectivity index (χ4v) is 4.72. The average molecular weight is 330 g/mol. The number of rotatable bonds is 5. The van der Waals surface area contributed by atoms with E-state index in [0.717, 1.165) is 36.6 Å². The Balaban J connectivity index is 1.68. The molecule has 0 atom stereocenters. The minimum Gasteiger partial charge on any atom is -0.507 e. The number of phenolic OH excluding ortho intramolecular Hbond substituents is 1. The highest BCUT2D eigenvalue weighted by Crippen LogP contribution is 2.36. The van der Waals surface area contributed by atoms with Crippen LogP contribution in [-0.4, -0.2) is 18.2 Å². The Kier molecular flexibility index (Phi) is 6.08. The molecule has 1 aliphatic carbocycles. The summed E-state index contributed by atoms with van der Waals surface area (Å²) >= 11 is 0. The lowest BCUT2D eigenvalue weighted by Crippen LogP contribution is -2.30. The second-order valence-corrected chi connectivity index (χ2v) is 8.10. The van der Waals surface area contributed by atoms with Crippen molar-refractivity contribution in [3.8, 4) is 5.75 Å². The highest BCUT2D eigenvalue weighted by molar-refractivity contribution is 5.63. The first kappa shape index (κ1) is 17.6. The van der Waals surface area contributed by atoms with Gasteiger partial charge in [-0.05, 0) is 69.1 Å². The first-order chi connectivity index (χ1) is 11.7. The topological polar surface area (TPSA) is 23.5 Å². The van der Waals surface area contributed by atoms with Crippen LogP contribution in [0.2, 0.25) is 0 Å². The van der Waals surface area contributed by atoms with Crippen molar-refractivity contribution < 1.29 is 5.11 Å². The van der Waals surface area contributed by atoms with Gasteiger partial charge in [0, 0.05) is 24.3 Å². The van der Waals surface area contributed by atoms with Crippen molar-refractivity contribution >= 4 is 5.69 Å². The Bertz CT molecular complexity index is 539. The maximum atomic E-state index is 10.6. The van der Waals surface area contributed by atoms with Crippen molar-refractivity contribution in [2.24, 2.45) is 5.92 Å². The molecule has 24 heavy (non-hydrogen) atoms. The van der Waals surface area contributed by atoms with Gasteiger partial charge in [-0.3, -0.25) is 0 Å². The predicted octanol–water partition coefficient (Wildman–Crippen LogP) is 5.90. The third kappa shape index (κ3) is 4.07. The molecule has 1 N–H and O–H groups in total. The van der Waals surface area contributed by atoms with Gasteiger partial charge in [-0.25, -0.2) is 0 Å². The van der Waals surface area contributed by atoms with Gasteiger partial charge in [0.05, 0.1) is 0 Å². The Hall–Kier alpha value is -1.18. The van der Waals surface area contributed by atoms with Gasteiger partial charge in [0.2, 0.25) is 0 Å². The third-order valence-corrected chi connectivity index (χ3v) is 6.37. The summed E-state index contributed by atoms with van der Waals surface area (Å²) in [5, 5.41) is 10.6. The molecule has 2 nitrogen and oxygen atoms in total. The number of hydrogen-bond donors (Lipinski definition) is 1. The van der Waals surface area contributed by atoms with E-state index in [1.54, 1.807) is 0 Å². The average Bonchev–Trinajstić information content (AvgIpc) is 2.63. The molecule has 0 radical (unpaired) electrons. The van der Waals surface area contributed by atoms with Crippen LogP contribution in [0.1, 0.15) is 80.9 Å². The van der Waals surface area contributed by atoms with Gasteiger partial charge in [0.1, 0.15) is 5.75 Å². The molecule has 0 unspecified atom stereocenters. The Labute approximate surface area is 148 Å². The van der Waals surface area contributed by atoms with Gasteiger partial charge in [-0.1, -0.05) is 38.5 Å². The third-order valence-electron chi connectivity index (χ3n) is 6.37. The van der Waals surface area contributed by atoms with Crippen LogP contribution >= 0.6 is 0 Å². The molecule has 1 saturated heterocycles. The summed E-state index contributed by atoms with van der Waals surface area (Å²) in [6.07, 6.45) is 14.9. The van der Waals surface area contributed by atoms with E-state index in [1.807, 2.05) is 0 Å². The van der Waals surface area contributed by atoms with Gasteiger partial charge >= 0.3 is 0 Å². The van der Waals surface area contributed by atoms with E-state index < -0.39 is 0 Å². The SMILES string of the molecule is Cc1c(CCCC2CCCCC2)cc(N2CCCCC2)c(C)c1O. The Morgan fingerprint density at radius 3 is 2.33 bits per heavy atom. The van der Waals surface area contributed by atoms with Gasteiger partial charge in [0.15, 0.2) is 0 Å². The van der Waals surface area contributed by atoms with E-state index in [2.05, 4.69) is 24.8 Å². The van der Waals surface area contributed by atoms with Crippen LogP contribution in [0.15, 0.2) is 6.07 Å². The molecule has 2 fully saturated rings. The second kappa shape index (κ2) is 8.27. The Morgan fingerprint density at radius 1 is 0.958 bits per heavy atom. The van der Waals surface area contributed by atoms with Crippen LogP contribution in [-0.2, 0) is 6.42 Å². The zero-order valence-corrected chi connectivity index (χ0v) is 15.7. The number of hydrogen-bond acceptors (Lipinski definition) is 2. The van der Waals surface area contributed by atoms with E-state index in [1.165, 1.54) is 75.5 Å². The molecule has 134 valence electrons. The second-order valence-electron chi connectivity index (χ2n) is 8.10. The summed E-state index contributed by atoms with van der Waals surface area (Å²) in [4.78, 5) is 2.49. The van der Waals surface area contributed by atoms with Gasteiger partial charge in [-0.2, -0.15) is 0 Å². The fraction of sp³-hybridized carbons (Fsp3) is 0.727. The van der Waals surface area contributed by atoms with Crippen LogP contribution in [0.4, 0.5) is 5.69 Å². The first-order valence-corrected chi connectivity index (χ1v) is 10.2. The normalized spacial score (nSPS) is 19.7. The maximum absolute atomic E-state index is 10.6. The minimum atomic E-state index is 0.533. The molecule has 1 saturated carbocycles. The number of anilines is 1. The Morgan fingerprint density at radius 2 is 1.62 bits per heavy atom. The van der Waals surface area contributed by atoms with Crippen molar-refractivity contribution in [2.45, 2.75) is 84.5 Å². The smallest absolute Gasteiger partial charge is 0.123 e. The van der Waals surface area contributed by atoms with Crippen LogP contribution in [0.5, 0.6) is 5.75 Å². The van der Waals surface area contributed by atoms with Crippen molar-refractivity contribution in [2.75, 3.05) is 18.0 Å². The van der Waals surface area contributed by atoms with E-state index >= 15 is 0 Å². The molecule has 2 heteroatoms. The largest absolute Gasteiger partial charge is 0.507 e. The van der Waals surface area contributed by atoms with Crippen LogP contribution in [0.25, 0.3) is 0 Å². The minimum absolute atomic E-state index is 0.533. The summed E-state index contributed by atoms with van der Waals surface area (Å²) < 4.78 is 0. The number of aromatic hydroxyl groups is 1. The molecule has 2 aliphatic rings. The summed E-state index contributed by atoms with van der Waals surface area (Å²) in [6.45, 7) is 6.46. The predicted molar refractivity (Wildman–Crippen MR) is 103 cm³/mol. The quantitative estimate of drug-likeness (QED) is 0.726. The lowest BCUT2D eigenvalue weighted by atomic mass is 9.85. The van der Waals surface area contributed by atoms with E-state index in [0.29, 0.717) is 5.75 Å². The number of benzene rings is 1. The molecule has 1 aromatic carbocycles. The van der Waals surface area contributed by atoms with Crippen LogP contribution < -0.4 is 4.90 Å². The number of piperidine rings is 1. The standard InChI is InChI=1S/C22H35NO/c1-17-20(13-9-12-19-10-5-3-6-11-19)16-21(18(2)22(17)24)23-14-7-4-8-15-23/h16,19,24H,3-15H2,1-2H3. The lowest BCUT2D eigenvalue weighted by molar-refractivity contribution is 0.332. The van der Waals surface area contributed by atoms with E-state index in [9.17, 15) is 5.11 Å². The van der Waals surface area contributed by atoms with Crippen LogP contribution in [0.3, 0.4) is 0 Å². The monoisotopic (exact) mass is 329 g/mol. The van der Waals surface area contributed by atoms with Crippen molar-refractivity contribution in [1.82, 2.24) is 0 Å². The highest BCUT2D eigenvalue weighted by atomic mass is 16.3. The molecular weight excluding hydrogens is 294 g/mol. The number of aryl methyl sites for hydroxylation is 1. The molecule has 0 aromatic heterocycles. The molecule has 1 heterocycles. The summed E-state index contributed by atoms with van der Waals surface area (Å²) in [6, 6.07) is 2.39. The van der Waals surface area contributed by atoms with Gasteiger partial charge < -0.3 is 10.0 Å². The van der Waals surface area contributed by atoms with Crippen LogP contribution in [0, 0.1) is 19.8 Å². The highest BCUT2D eigenvalue weighted by Gasteiger charge is 2.19. The summed E-state index contributed by atoms with van der Waals surface area (Å²) in [5.41, 5.74) is 4.84. The lowest BCUT2D eigenvalue weighted by Gasteiger charge is -2.31. The molecule has 3 rings (SSSR count). The fourth-order valence-electron chi connectivity index (χ4n) is 4.72. The molecule has 1 aromatic rings. The van der Waals surface area contributed by atoms with Crippen molar-refractivity contribution in [3.05, 3.63) is 22.8 Å². The van der Waals surface area contributed by atoms with E-state index in [-0.39, 0.29) is 0 Å². The summed E-state index contributed by atoms with van der Waals surface area (Å²) in [7, 11) is 0. The van der Waals surface area contributed by atoms with Gasteiger partial charge in [0.25, 0.3) is 0 Å². The molecule has 0 amide bonds. The van der Waals surface area contributed by atoms with Gasteiger partial charge in [-0.15, -0.1) is 0 Å².